The standard InChI is InChI=1S/C11H9N/c1-2-4-10-9(3-1)5-7-12-8-6-11(10)12/h1-8,11H. The number of fused-ring (bicyclic) bond motifs is 3. The van der Waals surface area contributed by atoms with E-state index in [-0.39, 0.29) is 0 Å². The fourth-order valence-corrected chi connectivity index (χ4v) is 1.78. The molecule has 1 aromatic carbocycles. The van der Waals surface area contributed by atoms with Crippen molar-refractivity contribution in [2.75, 3.05) is 0 Å². The summed E-state index contributed by atoms with van der Waals surface area (Å²) in [6.07, 6.45) is 8.63. The van der Waals surface area contributed by atoms with Crippen LogP contribution in [0.25, 0.3) is 6.08 Å². The monoisotopic (exact) mass is 155 g/mol. The molecule has 0 N–H and O–H groups in total. The zero-order valence-corrected chi connectivity index (χ0v) is 6.64. The lowest BCUT2D eigenvalue weighted by atomic mass is 9.93. The topological polar surface area (TPSA) is 3.24 Å². The Hall–Kier alpha value is -1.50. The van der Waals surface area contributed by atoms with Crippen LogP contribution in [0.5, 0.6) is 0 Å². The van der Waals surface area contributed by atoms with Gasteiger partial charge < -0.3 is 4.90 Å². The molecule has 1 unspecified atom stereocenters. The van der Waals surface area contributed by atoms with Crippen molar-refractivity contribution in [3.8, 4) is 0 Å². The van der Waals surface area contributed by atoms with Gasteiger partial charge in [-0.05, 0) is 23.3 Å². The van der Waals surface area contributed by atoms with Crippen molar-refractivity contribution in [2.45, 2.75) is 6.04 Å². The molecule has 0 aliphatic carbocycles. The normalized spacial score (nSPS) is 23.0. The zero-order chi connectivity index (χ0) is 7.97. The van der Waals surface area contributed by atoms with Crippen LogP contribution in [0.15, 0.2) is 42.7 Å². The number of hydrogen-bond donors (Lipinski definition) is 0. The molecule has 0 saturated heterocycles. The van der Waals surface area contributed by atoms with Gasteiger partial charge in [-0.25, -0.2) is 0 Å². The Morgan fingerprint density at radius 3 is 2.83 bits per heavy atom. The summed E-state index contributed by atoms with van der Waals surface area (Å²) in [6, 6.07) is 9.05. The second kappa shape index (κ2) is 2.01. The molecule has 0 bridgehead atoms. The quantitative estimate of drug-likeness (QED) is 0.556. The van der Waals surface area contributed by atoms with Crippen LogP contribution in [0.1, 0.15) is 17.2 Å². The van der Waals surface area contributed by atoms with Gasteiger partial charge in [0.15, 0.2) is 0 Å². The second-order valence-electron chi connectivity index (χ2n) is 3.18. The molecule has 2 aliphatic rings. The van der Waals surface area contributed by atoms with Gasteiger partial charge in [0.1, 0.15) is 0 Å². The fraction of sp³-hybridized carbons (Fsp3) is 0.0909. The summed E-state index contributed by atoms with van der Waals surface area (Å²) in [6.45, 7) is 0. The predicted molar refractivity (Wildman–Crippen MR) is 49.2 cm³/mol. The van der Waals surface area contributed by atoms with Gasteiger partial charge in [0.25, 0.3) is 0 Å². The minimum atomic E-state index is 0.506. The van der Waals surface area contributed by atoms with E-state index in [2.05, 4.69) is 53.7 Å². The second-order valence-corrected chi connectivity index (χ2v) is 3.18. The fourth-order valence-electron chi connectivity index (χ4n) is 1.78. The minimum absolute atomic E-state index is 0.506. The van der Waals surface area contributed by atoms with Crippen LogP contribution >= 0.6 is 0 Å². The Labute approximate surface area is 71.6 Å². The van der Waals surface area contributed by atoms with Gasteiger partial charge in [-0.15, -0.1) is 0 Å². The maximum absolute atomic E-state index is 2.22. The van der Waals surface area contributed by atoms with Gasteiger partial charge in [0.05, 0.1) is 6.04 Å². The summed E-state index contributed by atoms with van der Waals surface area (Å²) >= 11 is 0. The molecule has 0 aromatic heterocycles. The van der Waals surface area contributed by atoms with Crippen LogP contribution in [-0.2, 0) is 0 Å². The van der Waals surface area contributed by atoms with E-state index in [4.69, 9.17) is 0 Å². The highest BCUT2D eigenvalue weighted by Gasteiger charge is 2.24. The summed E-state index contributed by atoms with van der Waals surface area (Å²) < 4.78 is 0. The average molecular weight is 155 g/mol. The highest BCUT2D eigenvalue weighted by molar-refractivity contribution is 5.59. The van der Waals surface area contributed by atoms with Crippen molar-refractivity contribution in [3.05, 3.63) is 53.9 Å². The van der Waals surface area contributed by atoms with Crippen LogP contribution < -0.4 is 0 Å². The Morgan fingerprint density at radius 2 is 2.00 bits per heavy atom. The molecule has 0 saturated carbocycles. The molecule has 0 spiro atoms. The van der Waals surface area contributed by atoms with Gasteiger partial charge >= 0.3 is 0 Å². The molecule has 0 fully saturated rings. The van der Waals surface area contributed by atoms with Crippen molar-refractivity contribution >= 4 is 6.08 Å². The van der Waals surface area contributed by atoms with Crippen LogP contribution in [0.2, 0.25) is 0 Å². The molecule has 1 nitrogen and oxygen atoms in total. The van der Waals surface area contributed by atoms with Crippen molar-refractivity contribution in [1.82, 2.24) is 4.90 Å². The number of rotatable bonds is 0. The third-order valence-corrected chi connectivity index (χ3v) is 2.50. The van der Waals surface area contributed by atoms with Crippen molar-refractivity contribution in [1.29, 1.82) is 0 Å². The average Bonchev–Trinajstić information content (AvgIpc) is 2.05. The smallest absolute Gasteiger partial charge is 0.0786 e. The molecule has 58 valence electrons. The first-order chi connectivity index (χ1) is 5.95. The van der Waals surface area contributed by atoms with Crippen molar-refractivity contribution in [3.63, 3.8) is 0 Å². The van der Waals surface area contributed by atoms with E-state index in [1.165, 1.54) is 11.1 Å². The van der Waals surface area contributed by atoms with E-state index >= 15 is 0 Å². The van der Waals surface area contributed by atoms with Crippen LogP contribution in [0.3, 0.4) is 0 Å². The summed E-state index contributed by atoms with van der Waals surface area (Å²) in [7, 11) is 0. The summed E-state index contributed by atoms with van der Waals surface area (Å²) in [4.78, 5) is 2.22. The lowest BCUT2D eigenvalue weighted by Crippen LogP contribution is -2.26. The number of hydrogen-bond acceptors (Lipinski definition) is 1. The van der Waals surface area contributed by atoms with Crippen molar-refractivity contribution < 1.29 is 0 Å². The molecular weight excluding hydrogens is 146 g/mol. The molecule has 2 aliphatic heterocycles. The molecule has 2 heterocycles. The lowest BCUT2D eigenvalue weighted by Gasteiger charge is -2.36. The molecule has 1 aromatic rings. The van der Waals surface area contributed by atoms with Crippen LogP contribution in [0, 0.1) is 0 Å². The van der Waals surface area contributed by atoms with E-state index < -0.39 is 0 Å². The van der Waals surface area contributed by atoms with E-state index in [0.29, 0.717) is 6.04 Å². The van der Waals surface area contributed by atoms with Crippen LogP contribution in [0.4, 0.5) is 0 Å². The first-order valence-electron chi connectivity index (χ1n) is 4.18. The molecule has 12 heavy (non-hydrogen) atoms. The number of nitrogens with zero attached hydrogens (tertiary/aromatic N) is 1. The van der Waals surface area contributed by atoms with Gasteiger partial charge in [-0.3, -0.25) is 0 Å². The summed E-state index contributed by atoms with van der Waals surface area (Å²) in [5.74, 6) is 0. The Morgan fingerprint density at radius 1 is 1.08 bits per heavy atom. The van der Waals surface area contributed by atoms with E-state index in [0.717, 1.165) is 0 Å². The van der Waals surface area contributed by atoms with Crippen LogP contribution in [-0.4, -0.2) is 4.90 Å². The highest BCUT2D eigenvalue weighted by Crippen LogP contribution is 2.36. The summed E-state index contributed by atoms with van der Waals surface area (Å²) in [5, 5.41) is 0. The highest BCUT2D eigenvalue weighted by atomic mass is 15.2. The molecule has 1 atom stereocenters. The van der Waals surface area contributed by atoms with E-state index in [1.807, 2.05) is 0 Å². The SMILES string of the molecule is C1=CN2C=CC2c2ccccc21. The predicted octanol–water partition coefficient (Wildman–Crippen LogP) is 2.54. The third kappa shape index (κ3) is 0.632. The molecule has 1 heteroatoms. The first kappa shape index (κ1) is 6.06. The largest absolute Gasteiger partial charge is 0.344 e. The lowest BCUT2D eigenvalue weighted by molar-refractivity contribution is 0.380. The van der Waals surface area contributed by atoms with Crippen molar-refractivity contribution in [2.24, 2.45) is 0 Å². The zero-order valence-electron chi connectivity index (χ0n) is 6.64. The van der Waals surface area contributed by atoms with Gasteiger partial charge in [-0.1, -0.05) is 24.3 Å². The maximum atomic E-state index is 2.22. The minimum Gasteiger partial charge on any atom is -0.344 e. The third-order valence-electron chi connectivity index (χ3n) is 2.50. The molecular formula is C11H9N. The summed E-state index contributed by atoms with van der Waals surface area (Å²) in [5.41, 5.74) is 2.77. The van der Waals surface area contributed by atoms with Gasteiger partial charge in [0, 0.05) is 12.4 Å². The first-order valence-corrected chi connectivity index (χ1v) is 4.18. The van der Waals surface area contributed by atoms with Gasteiger partial charge in [-0.2, -0.15) is 0 Å². The Kier molecular flexibility index (Phi) is 1.01. The van der Waals surface area contributed by atoms with Gasteiger partial charge in [0.2, 0.25) is 0 Å². The number of benzene rings is 1. The maximum Gasteiger partial charge on any atom is 0.0786 e. The molecule has 0 radical (unpaired) electrons. The van der Waals surface area contributed by atoms with E-state index in [1.54, 1.807) is 0 Å². The Bertz CT molecular complexity index is 376. The Balaban J connectivity index is 2.22. The molecule has 3 rings (SSSR count). The van der Waals surface area contributed by atoms with E-state index in [9.17, 15) is 0 Å². The molecule has 0 amide bonds.